The molecule has 0 saturated carbocycles. The van der Waals surface area contributed by atoms with Crippen LogP contribution in [0.3, 0.4) is 0 Å². The van der Waals surface area contributed by atoms with Gasteiger partial charge in [0.25, 0.3) is 0 Å². The van der Waals surface area contributed by atoms with E-state index in [1.165, 1.54) is 28.9 Å². The maximum Gasteiger partial charge on any atom is 0.418 e. The van der Waals surface area contributed by atoms with Gasteiger partial charge >= 0.3 is 6.18 Å². The highest BCUT2D eigenvalue weighted by molar-refractivity contribution is 5.61. The molecule has 0 amide bonds. The van der Waals surface area contributed by atoms with Crippen LogP contribution in [0.25, 0.3) is 17.0 Å². The van der Waals surface area contributed by atoms with Gasteiger partial charge in [0.15, 0.2) is 6.10 Å². The number of nitrogens with zero attached hydrogens (tertiary/aromatic N) is 4. The van der Waals surface area contributed by atoms with Gasteiger partial charge in [0.2, 0.25) is 5.95 Å². The molecule has 34 heavy (non-hydrogen) atoms. The second-order valence-electron chi connectivity index (χ2n) is 6.73. The summed E-state index contributed by atoms with van der Waals surface area (Å²) in [6, 6.07) is 4.54. The predicted molar refractivity (Wildman–Crippen MR) is 131 cm³/mol. The molecule has 1 aliphatic rings. The Labute approximate surface area is 199 Å². The summed E-state index contributed by atoms with van der Waals surface area (Å²) in [6.45, 7) is 13.8. The third-order valence-electron chi connectivity index (χ3n) is 4.70. The lowest BCUT2D eigenvalue weighted by Crippen LogP contribution is -2.38. The molecule has 3 aromatic heterocycles. The maximum absolute atomic E-state index is 12.9. The Balaban J connectivity index is 0.000000894. The number of nitrogens with one attached hydrogen (secondary N) is 2. The molecular weight excluding hydrogens is 445 g/mol. The molecule has 3 aromatic rings. The van der Waals surface area contributed by atoms with E-state index in [0.29, 0.717) is 23.0 Å². The van der Waals surface area contributed by atoms with Crippen molar-refractivity contribution in [3.63, 3.8) is 0 Å². The first kappa shape index (κ1) is 29.3. The number of hydrogen-bond acceptors (Lipinski definition) is 6. The topological polar surface area (TPSA) is 87.4 Å². The zero-order valence-corrected chi connectivity index (χ0v) is 20.8. The molecule has 0 aromatic carbocycles. The van der Waals surface area contributed by atoms with Gasteiger partial charge < -0.3 is 15.7 Å². The van der Waals surface area contributed by atoms with Crippen molar-refractivity contribution in [2.75, 3.05) is 18.4 Å². The average Bonchev–Trinajstić information content (AvgIpc) is 3.31. The van der Waals surface area contributed by atoms with Gasteiger partial charge in [0.05, 0.1) is 17.6 Å². The fourth-order valence-corrected chi connectivity index (χ4v) is 3.27. The fraction of sp³-hybridized carbons (Fsp3) is 0.542. The Morgan fingerprint density at radius 3 is 2.41 bits per heavy atom. The van der Waals surface area contributed by atoms with E-state index in [-0.39, 0.29) is 11.6 Å². The first-order valence-corrected chi connectivity index (χ1v) is 11.9. The molecule has 1 aliphatic heterocycles. The van der Waals surface area contributed by atoms with Crippen LogP contribution in [0, 0.1) is 0 Å². The van der Waals surface area contributed by atoms with Gasteiger partial charge in [0, 0.05) is 30.5 Å². The van der Waals surface area contributed by atoms with Crippen LogP contribution in [0.15, 0.2) is 36.8 Å². The number of rotatable bonds is 4. The van der Waals surface area contributed by atoms with Crippen molar-refractivity contribution in [3.8, 4) is 11.4 Å². The van der Waals surface area contributed by atoms with Crippen LogP contribution in [0.4, 0.5) is 19.1 Å². The van der Waals surface area contributed by atoms with E-state index in [2.05, 4.69) is 25.6 Å². The van der Waals surface area contributed by atoms with Crippen LogP contribution >= 0.6 is 0 Å². The number of aliphatic hydroxyl groups excluding tert-OH is 1. The first-order valence-electron chi connectivity index (χ1n) is 11.9. The second-order valence-corrected chi connectivity index (χ2v) is 6.73. The summed E-state index contributed by atoms with van der Waals surface area (Å²) in [6.07, 6.45) is -0.871. The van der Waals surface area contributed by atoms with E-state index in [0.717, 1.165) is 25.9 Å². The molecule has 2 unspecified atom stereocenters. The highest BCUT2D eigenvalue weighted by atomic mass is 19.4. The molecule has 4 heterocycles. The van der Waals surface area contributed by atoms with Gasteiger partial charge in [-0.2, -0.15) is 13.2 Å². The van der Waals surface area contributed by atoms with E-state index >= 15 is 0 Å². The molecule has 10 heteroatoms. The van der Waals surface area contributed by atoms with Crippen LogP contribution in [0.1, 0.15) is 66.1 Å². The van der Waals surface area contributed by atoms with Crippen molar-refractivity contribution >= 4 is 11.6 Å². The molecule has 0 bridgehead atoms. The van der Waals surface area contributed by atoms with Crippen LogP contribution in [-0.2, 0) is 0 Å². The molecule has 190 valence electrons. The minimum absolute atomic E-state index is 0.222. The molecule has 1 saturated heterocycles. The SMILES string of the molecule is CC.CC.CC.OC(c1ccc2ncc(-c3ccnc(NC4CCCNC4)n3)n2c1)C(F)(F)F. The lowest BCUT2D eigenvalue weighted by Gasteiger charge is -2.23. The number of imidazole rings is 1. The minimum Gasteiger partial charge on any atom is -0.379 e. The monoisotopic (exact) mass is 482 g/mol. The van der Waals surface area contributed by atoms with Gasteiger partial charge in [0.1, 0.15) is 5.65 Å². The summed E-state index contributed by atoms with van der Waals surface area (Å²) in [5, 5.41) is 16.1. The van der Waals surface area contributed by atoms with Gasteiger partial charge in [-0.25, -0.2) is 15.0 Å². The van der Waals surface area contributed by atoms with Crippen molar-refractivity contribution in [3.05, 3.63) is 42.4 Å². The molecule has 0 radical (unpaired) electrons. The van der Waals surface area contributed by atoms with E-state index in [1.54, 1.807) is 12.3 Å². The Hall–Kier alpha value is -2.72. The predicted octanol–water partition coefficient (Wildman–Crippen LogP) is 5.63. The molecular formula is C24H37F3N6O. The molecule has 0 aliphatic carbocycles. The van der Waals surface area contributed by atoms with Gasteiger partial charge in [-0.3, -0.25) is 4.40 Å². The van der Waals surface area contributed by atoms with Crippen molar-refractivity contribution in [1.29, 1.82) is 0 Å². The molecule has 7 nitrogen and oxygen atoms in total. The Bertz CT molecular complexity index is 971. The van der Waals surface area contributed by atoms with Gasteiger partial charge in [-0.1, -0.05) is 47.6 Å². The average molecular weight is 483 g/mol. The number of aromatic nitrogens is 4. The molecule has 4 rings (SSSR count). The highest BCUT2D eigenvalue weighted by Crippen LogP contribution is 2.33. The number of hydrogen-bond donors (Lipinski definition) is 3. The van der Waals surface area contributed by atoms with Crippen LogP contribution in [0.5, 0.6) is 0 Å². The number of fused-ring (bicyclic) bond motifs is 1. The highest BCUT2D eigenvalue weighted by Gasteiger charge is 2.39. The molecule has 2 atom stereocenters. The van der Waals surface area contributed by atoms with Crippen molar-refractivity contribution < 1.29 is 18.3 Å². The third-order valence-corrected chi connectivity index (χ3v) is 4.70. The fourth-order valence-electron chi connectivity index (χ4n) is 3.27. The van der Waals surface area contributed by atoms with E-state index in [9.17, 15) is 18.3 Å². The second kappa shape index (κ2) is 14.5. The lowest BCUT2D eigenvalue weighted by atomic mass is 10.1. The number of alkyl halides is 3. The number of halogens is 3. The van der Waals surface area contributed by atoms with Crippen LogP contribution in [0.2, 0.25) is 0 Å². The largest absolute Gasteiger partial charge is 0.418 e. The Kier molecular flexibility index (Phi) is 12.5. The standard InChI is InChI=1S/C18H19F3N6O.3C2H6/c19-18(20,21)16(28)11-3-4-15-24-9-14(27(15)10-11)13-5-7-23-17(26-13)25-12-2-1-6-22-8-12;3*1-2/h3-5,7,9-10,12,16,22,28H,1-2,6,8H2,(H,23,25,26);3*1-2H3. The summed E-state index contributed by atoms with van der Waals surface area (Å²) in [5.74, 6) is 0.452. The number of pyridine rings is 1. The third kappa shape index (κ3) is 7.66. The number of anilines is 1. The van der Waals surface area contributed by atoms with Crippen molar-refractivity contribution in [1.82, 2.24) is 24.7 Å². The molecule has 3 N–H and O–H groups in total. The zero-order valence-electron chi connectivity index (χ0n) is 20.8. The quantitative estimate of drug-likeness (QED) is 0.447. The smallest absolute Gasteiger partial charge is 0.379 e. The van der Waals surface area contributed by atoms with Crippen LogP contribution < -0.4 is 10.6 Å². The zero-order chi connectivity index (χ0) is 25.7. The minimum atomic E-state index is -4.74. The van der Waals surface area contributed by atoms with Crippen molar-refractivity contribution in [2.45, 2.75) is 72.7 Å². The molecule has 0 spiro atoms. The molecule has 1 fully saturated rings. The van der Waals surface area contributed by atoms with E-state index < -0.39 is 12.3 Å². The Morgan fingerprint density at radius 2 is 1.79 bits per heavy atom. The summed E-state index contributed by atoms with van der Waals surface area (Å²) >= 11 is 0. The maximum atomic E-state index is 12.9. The summed E-state index contributed by atoms with van der Waals surface area (Å²) in [4.78, 5) is 12.9. The summed E-state index contributed by atoms with van der Waals surface area (Å²) < 4.78 is 40.0. The van der Waals surface area contributed by atoms with Crippen LogP contribution in [-0.4, -0.2) is 49.8 Å². The van der Waals surface area contributed by atoms with E-state index in [4.69, 9.17) is 0 Å². The normalized spacial score (nSPS) is 16.1. The van der Waals surface area contributed by atoms with Gasteiger partial charge in [-0.15, -0.1) is 0 Å². The van der Waals surface area contributed by atoms with E-state index in [1.807, 2.05) is 41.5 Å². The first-order chi connectivity index (χ1) is 16.4. The Morgan fingerprint density at radius 1 is 1.09 bits per heavy atom. The lowest BCUT2D eigenvalue weighted by molar-refractivity contribution is -0.206. The van der Waals surface area contributed by atoms with Gasteiger partial charge in [-0.05, 0) is 31.5 Å². The number of aliphatic hydroxyl groups is 1. The number of piperidine rings is 1. The summed E-state index contributed by atoms with van der Waals surface area (Å²) in [5.41, 5.74) is 1.23. The summed E-state index contributed by atoms with van der Waals surface area (Å²) in [7, 11) is 0. The van der Waals surface area contributed by atoms with Crippen molar-refractivity contribution in [2.24, 2.45) is 0 Å².